The van der Waals surface area contributed by atoms with Crippen molar-refractivity contribution in [2.24, 2.45) is 0 Å². The predicted molar refractivity (Wildman–Crippen MR) is 131 cm³/mol. The largest absolute Gasteiger partial charge is 0.322 e. The fraction of sp³-hybridized carbons (Fsp3) is 0.440. The van der Waals surface area contributed by atoms with Crippen molar-refractivity contribution in [1.82, 2.24) is 9.21 Å². The number of rotatable bonds is 5. The van der Waals surface area contributed by atoms with E-state index in [1.807, 2.05) is 59.5 Å². The fourth-order valence-electron chi connectivity index (χ4n) is 5.43. The fourth-order valence-corrected chi connectivity index (χ4v) is 6.95. The Hall–Kier alpha value is -2.75. The zero-order valence-corrected chi connectivity index (χ0v) is 20.0. The maximum atomic E-state index is 13.6. The lowest BCUT2D eigenvalue weighted by atomic mass is 9.89. The molecule has 2 aromatic carbocycles. The number of fused-ring (bicyclic) bond motifs is 1. The Kier molecular flexibility index (Phi) is 6.18. The average molecular weight is 483 g/mol. The number of piperazine rings is 1. The molecule has 2 amide bonds. The molecule has 2 aromatic rings. The molecule has 1 saturated heterocycles. The van der Waals surface area contributed by atoms with E-state index in [1.54, 1.807) is 4.90 Å². The van der Waals surface area contributed by atoms with E-state index in [0.29, 0.717) is 44.7 Å². The van der Waals surface area contributed by atoms with E-state index in [4.69, 9.17) is 0 Å². The summed E-state index contributed by atoms with van der Waals surface area (Å²) in [5.74, 6) is -0.228. The summed E-state index contributed by atoms with van der Waals surface area (Å²) in [7, 11) is -3.42. The number of anilines is 2. The Bertz CT molecular complexity index is 1170. The molecule has 34 heavy (non-hydrogen) atoms. The van der Waals surface area contributed by atoms with Gasteiger partial charge in [-0.2, -0.15) is 4.31 Å². The second-order valence-corrected chi connectivity index (χ2v) is 11.3. The van der Waals surface area contributed by atoms with Gasteiger partial charge in [0.15, 0.2) is 0 Å². The van der Waals surface area contributed by atoms with E-state index in [2.05, 4.69) is 5.32 Å². The molecule has 2 fully saturated rings. The normalized spacial score (nSPS) is 20.8. The van der Waals surface area contributed by atoms with Crippen LogP contribution in [0.25, 0.3) is 0 Å². The molecule has 0 aromatic heterocycles. The molecule has 9 heteroatoms. The van der Waals surface area contributed by atoms with Crippen LogP contribution in [0.3, 0.4) is 0 Å². The van der Waals surface area contributed by atoms with Crippen molar-refractivity contribution in [2.75, 3.05) is 42.9 Å². The number of amides is 2. The van der Waals surface area contributed by atoms with Gasteiger partial charge in [0, 0.05) is 26.2 Å². The first-order valence-corrected chi connectivity index (χ1v) is 13.5. The number of nitrogens with zero attached hydrogens (tertiary/aromatic N) is 3. The zero-order chi connectivity index (χ0) is 23.8. The Morgan fingerprint density at radius 1 is 0.912 bits per heavy atom. The Morgan fingerprint density at radius 2 is 1.56 bits per heavy atom. The van der Waals surface area contributed by atoms with Gasteiger partial charge in [-0.25, -0.2) is 8.42 Å². The van der Waals surface area contributed by atoms with E-state index in [9.17, 15) is 18.0 Å². The van der Waals surface area contributed by atoms with Crippen LogP contribution in [0.2, 0.25) is 0 Å². The van der Waals surface area contributed by atoms with Gasteiger partial charge < -0.3 is 5.32 Å². The number of hydrogen-bond donors (Lipinski definition) is 1. The van der Waals surface area contributed by atoms with Crippen LogP contribution in [-0.4, -0.2) is 67.7 Å². The highest BCUT2D eigenvalue weighted by Gasteiger charge is 2.52. The van der Waals surface area contributed by atoms with E-state index in [0.717, 1.165) is 24.1 Å². The number of carbonyl (C=O) groups excluding carboxylic acids is 2. The topological polar surface area (TPSA) is 90.0 Å². The van der Waals surface area contributed by atoms with Gasteiger partial charge in [-0.15, -0.1) is 0 Å². The summed E-state index contributed by atoms with van der Waals surface area (Å²) in [6.07, 6.45) is 3.14. The molecule has 1 aliphatic carbocycles. The summed E-state index contributed by atoms with van der Waals surface area (Å²) in [6, 6.07) is 16.6. The second kappa shape index (κ2) is 9.13. The maximum absolute atomic E-state index is 13.6. The van der Waals surface area contributed by atoms with Crippen molar-refractivity contribution < 1.29 is 18.0 Å². The lowest BCUT2D eigenvalue weighted by Gasteiger charge is -2.45. The number of benzene rings is 2. The number of para-hydroxylation sites is 2. The molecular formula is C25H30N4O4S. The summed E-state index contributed by atoms with van der Waals surface area (Å²) in [4.78, 5) is 30.5. The number of carbonyl (C=O) groups is 2. The molecule has 1 N–H and O–H groups in total. The van der Waals surface area contributed by atoms with Crippen LogP contribution >= 0.6 is 0 Å². The number of nitrogens with one attached hydrogen (secondary N) is 1. The van der Waals surface area contributed by atoms with Crippen LogP contribution < -0.4 is 10.2 Å². The van der Waals surface area contributed by atoms with Gasteiger partial charge >= 0.3 is 0 Å². The zero-order valence-electron chi connectivity index (χ0n) is 19.2. The second-order valence-electron chi connectivity index (χ2n) is 9.36. The van der Waals surface area contributed by atoms with Crippen LogP contribution in [0, 0.1) is 0 Å². The minimum atomic E-state index is -3.42. The molecular weight excluding hydrogens is 452 g/mol. The summed E-state index contributed by atoms with van der Waals surface area (Å²) in [5, 5.41) is 3.00. The molecule has 2 aliphatic heterocycles. The van der Waals surface area contributed by atoms with Crippen LogP contribution in [0.15, 0.2) is 54.6 Å². The third-order valence-corrected chi connectivity index (χ3v) is 9.05. The van der Waals surface area contributed by atoms with Crippen LogP contribution in [-0.2, 0) is 25.4 Å². The van der Waals surface area contributed by atoms with Gasteiger partial charge in [0.1, 0.15) is 5.54 Å². The van der Waals surface area contributed by atoms with Crippen molar-refractivity contribution in [3.8, 4) is 0 Å². The SMILES string of the molecule is O=C(CN1CCN(S(=O)(=O)Cc2ccccc2)CC1)N1c2ccccc2NC(=O)C12CCCC2. The molecule has 3 aliphatic rings. The highest BCUT2D eigenvalue weighted by Crippen LogP contribution is 2.45. The van der Waals surface area contributed by atoms with Crippen LogP contribution in [0.1, 0.15) is 31.2 Å². The molecule has 0 unspecified atom stereocenters. The smallest absolute Gasteiger partial charge is 0.250 e. The van der Waals surface area contributed by atoms with Crippen molar-refractivity contribution in [3.63, 3.8) is 0 Å². The van der Waals surface area contributed by atoms with Crippen LogP contribution in [0.4, 0.5) is 11.4 Å². The minimum Gasteiger partial charge on any atom is -0.322 e. The summed E-state index contributed by atoms with van der Waals surface area (Å²) >= 11 is 0. The third-order valence-electron chi connectivity index (χ3n) is 7.20. The first-order chi connectivity index (χ1) is 16.4. The van der Waals surface area contributed by atoms with Gasteiger partial charge in [-0.1, -0.05) is 55.3 Å². The Labute approximate surface area is 200 Å². The monoisotopic (exact) mass is 482 g/mol. The van der Waals surface area contributed by atoms with Gasteiger partial charge in [0.25, 0.3) is 5.91 Å². The van der Waals surface area contributed by atoms with Crippen molar-refractivity contribution in [2.45, 2.75) is 37.0 Å². The molecule has 0 bridgehead atoms. The molecule has 0 radical (unpaired) electrons. The van der Waals surface area contributed by atoms with E-state index < -0.39 is 15.6 Å². The molecule has 1 spiro atoms. The van der Waals surface area contributed by atoms with Crippen LogP contribution in [0.5, 0.6) is 0 Å². The third kappa shape index (κ3) is 4.23. The Morgan fingerprint density at radius 3 is 2.26 bits per heavy atom. The average Bonchev–Trinajstić information content (AvgIpc) is 3.31. The van der Waals surface area contributed by atoms with Crippen molar-refractivity contribution in [1.29, 1.82) is 0 Å². The molecule has 180 valence electrons. The molecule has 0 atom stereocenters. The quantitative estimate of drug-likeness (QED) is 0.707. The lowest BCUT2D eigenvalue weighted by molar-refractivity contribution is -0.128. The summed E-state index contributed by atoms with van der Waals surface area (Å²) < 4.78 is 27.2. The van der Waals surface area contributed by atoms with Gasteiger partial charge in [0.05, 0.1) is 23.7 Å². The molecule has 8 nitrogen and oxygen atoms in total. The molecule has 1 saturated carbocycles. The van der Waals surface area contributed by atoms with Gasteiger partial charge in [-0.3, -0.25) is 19.4 Å². The van der Waals surface area contributed by atoms with E-state index in [-0.39, 0.29) is 24.1 Å². The minimum absolute atomic E-state index is 0.0189. The van der Waals surface area contributed by atoms with Crippen molar-refractivity contribution in [3.05, 3.63) is 60.2 Å². The van der Waals surface area contributed by atoms with E-state index >= 15 is 0 Å². The summed E-state index contributed by atoms with van der Waals surface area (Å²) in [6.45, 7) is 1.83. The molecule has 5 rings (SSSR count). The predicted octanol–water partition coefficient (Wildman–Crippen LogP) is 2.43. The Balaban J connectivity index is 1.27. The van der Waals surface area contributed by atoms with Gasteiger partial charge in [0.2, 0.25) is 15.9 Å². The maximum Gasteiger partial charge on any atom is 0.250 e. The molecule has 2 heterocycles. The van der Waals surface area contributed by atoms with E-state index in [1.165, 1.54) is 4.31 Å². The van der Waals surface area contributed by atoms with Gasteiger partial charge in [-0.05, 0) is 30.5 Å². The first-order valence-electron chi connectivity index (χ1n) is 11.9. The number of hydrogen-bond acceptors (Lipinski definition) is 5. The first kappa shape index (κ1) is 23.0. The lowest BCUT2D eigenvalue weighted by Crippen LogP contribution is -2.62. The standard InChI is InChI=1S/C25H30N4O4S/c30-23(29-22-11-5-4-10-21(22)26-24(31)25(29)12-6-7-13-25)18-27-14-16-28(17-15-27)34(32,33)19-20-8-2-1-3-9-20/h1-5,8-11H,6-7,12-19H2,(H,26,31). The van der Waals surface area contributed by atoms with Crippen molar-refractivity contribution >= 4 is 33.2 Å². The summed E-state index contributed by atoms with van der Waals surface area (Å²) in [5.41, 5.74) is 1.35. The highest BCUT2D eigenvalue weighted by atomic mass is 32.2. The number of sulfonamides is 1. The highest BCUT2D eigenvalue weighted by molar-refractivity contribution is 7.88.